The zero-order valence-electron chi connectivity index (χ0n) is 12.2. The molecule has 2 heterocycles. The predicted octanol–water partition coefficient (Wildman–Crippen LogP) is 2.84. The Hall–Kier alpha value is -2.77. The van der Waals surface area contributed by atoms with E-state index in [2.05, 4.69) is 10.1 Å². The molecule has 0 saturated heterocycles. The van der Waals surface area contributed by atoms with Crippen molar-refractivity contribution in [2.24, 2.45) is 0 Å². The van der Waals surface area contributed by atoms with E-state index in [1.165, 1.54) is 4.68 Å². The van der Waals surface area contributed by atoms with Crippen LogP contribution in [0.2, 0.25) is 0 Å². The summed E-state index contributed by atoms with van der Waals surface area (Å²) < 4.78 is 42.4. The van der Waals surface area contributed by atoms with Crippen molar-refractivity contribution in [1.82, 2.24) is 14.8 Å². The summed E-state index contributed by atoms with van der Waals surface area (Å²) in [6.07, 6.45) is 0. The molecule has 1 aromatic carbocycles. The molecular weight excluding hydrogens is 311 g/mol. The van der Waals surface area contributed by atoms with Gasteiger partial charge in [0.25, 0.3) is 0 Å². The van der Waals surface area contributed by atoms with Gasteiger partial charge in [-0.3, -0.25) is 4.79 Å². The van der Waals surface area contributed by atoms with Crippen LogP contribution in [0.1, 0.15) is 12.6 Å². The fourth-order valence-corrected chi connectivity index (χ4v) is 2.58. The number of hydrogen-bond donors (Lipinski definition) is 2. The second-order valence-corrected chi connectivity index (χ2v) is 5.05. The number of aryl methyl sites for hydroxylation is 2. The van der Waals surface area contributed by atoms with Crippen LogP contribution in [0, 0.1) is 24.4 Å². The molecule has 0 amide bonds. The van der Waals surface area contributed by atoms with E-state index in [1.54, 1.807) is 13.8 Å². The lowest BCUT2D eigenvalue weighted by atomic mass is 10.1. The number of nitrogens with one attached hydrogen (secondary N) is 1. The zero-order chi connectivity index (χ0) is 16.9. The van der Waals surface area contributed by atoms with Gasteiger partial charge in [0.2, 0.25) is 5.43 Å². The maximum absolute atomic E-state index is 14.0. The lowest BCUT2D eigenvalue weighted by molar-refractivity contribution is 0.469. The molecule has 0 atom stereocenters. The van der Waals surface area contributed by atoms with E-state index < -0.39 is 39.9 Å². The average Bonchev–Trinajstić information content (AvgIpc) is 2.79. The molecule has 8 heteroatoms. The number of aromatic nitrogens is 3. The number of nitrogens with zero attached hydrogens (tertiary/aromatic N) is 2. The molecule has 5 nitrogen and oxygen atoms in total. The Morgan fingerprint density at radius 2 is 1.87 bits per heavy atom. The Morgan fingerprint density at radius 1 is 1.26 bits per heavy atom. The van der Waals surface area contributed by atoms with Crippen LogP contribution in [0.15, 0.2) is 16.9 Å². The molecule has 3 aromatic rings. The molecule has 2 N–H and O–H groups in total. The van der Waals surface area contributed by atoms with E-state index in [-0.39, 0.29) is 11.0 Å². The normalized spacial score (nSPS) is 11.3. The number of aromatic hydroxyl groups is 1. The fourth-order valence-electron chi connectivity index (χ4n) is 2.58. The quantitative estimate of drug-likeness (QED) is 0.762. The highest BCUT2D eigenvalue weighted by molar-refractivity contribution is 5.84. The predicted molar refractivity (Wildman–Crippen MR) is 77.7 cm³/mol. The first kappa shape index (κ1) is 15.1. The van der Waals surface area contributed by atoms with Gasteiger partial charge >= 0.3 is 0 Å². The van der Waals surface area contributed by atoms with Crippen molar-refractivity contribution in [2.45, 2.75) is 20.4 Å². The van der Waals surface area contributed by atoms with Gasteiger partial charge in [-0.1, -0.05) is 0 Å². The standard InChI is InChI=1S/C15H12F3N3O2/c1-3-21-15-10(6(2)20-21)13(22)14(23)12(19-15)11-8(17)4-7(16)5-9(11)18/h4-5,23H,3H2,1-2H3,(H,19,22). The number of fused-ring (bicyclic) bond motifs is 1. The smallest absolute Gasteiger partial charge is 0.235 e. The molecule has 0 aliphatic carbocycles. The van der Waals surface area contributed by atoms with Crippen molar-refractivity contribution in [1.29, 1.82) is 0 Å². The number of benzene rings is 1. The van der Waals surface area contributed by atoms with Crippen LogP contribution >= 0.6 is 0 Å². The Labute approximate surface area is 128 Å². The summed E-state index contributed by atoms with van der Waals surface area (Å²) in [7, 11) is 0. The van der Waals surface area contributed by atoms with Gasteiger partial charge in [-0.25, -0.2) is 17.9 Å². The Balaban J connectivity index is 2.44. The number of pyridine rings is 1. The zero-order valence-corrected chi connectivity index (χ0v) is 12.2. The van der Waals surface area contributed by atoms with Crippen molar-refractivity contribution >= 4 is 11.0 Å². The van der Waals surface area contributed by atoms with Crippen LogP contribution < -0.4 is 5.43 Å². The molecule has 120 valence electrons. The number of aromatic amines is 1. The van der Waals surface area contributed by atoms with E-state index in [0.29, 0.717) is 24.4 Å². The molecule has 0 fully saturated rings. The van der Waals surface area contributed by atoms with Crippen LogP contribution in [-0.4, -0.2) is 19.9 Å². The lowest BCUT2D eigenvalue weighted by Crippen LogP contribution is -2.08. The van der Waals surface area contributed by atoms with E-state index in [4.69, 9.17) is 0 Å². The summed E-state index contributed by atoms with van der Waals surface area (Å²) in [5.41, 5.74) is -1.35. The monoisotopic (exact) mass is 323 g/mol. The first-order valence-electron chi connectivity index (χ1n) is 6.82. The number of hydrogen-bond acceptors (Lipinski definition) is 3. The Morgan fingerprint density at radius 3 is 2.43 bits per heavy atom. The molecular formula is C15H12F3N3O2. The molecule has 0 aliphatic rings. The van der Waals surface area contributed by atoms with Gasteiger partial charge in [0.15, 0.2) is 5.75 Å². The van der Waals surface area contributed by atoms with Gasteiger partial charge in [-0.2, -0.15) is 5.10 Å². The molecule has 0 radical (unpaired) electrons. The average molecular weight is 323 g/mol. The van der Waals surface area contributed by atoms with Gasteiger partial charge in [0, 0.05) is 18.7 Å². The summed E-state index contributed by atoms with van der Waals surface area (Å²) in [4.78, 5) is 15.0. The molecule has 0 unspecified atom stereocenters. The summed E-state index contributed by atoms with van der Waals surface area (Å²) >= 11 is 0. The maximum Gasteiger partial charge on any atom is 0.235 e. The van der Waals surface area contributed by atoms with Crippen molar-refractivity contribution in [3.8, 4) is 17.0 Å². The molecule has 0 bridgehead atoms. The lowest BCUT2D eigenvalue weighted by Gasteiger charge is -2.09. The second-order valence-electron chi connectivity index (χ2n) is 5.05. The van der Waals surface area contributed by atoms with Gasteiger partial charge < -0.3 is 10.1 Å². The third-order valence-corrected chi connectivity index (χ3v) is 3.61. The largest absolute Gasteiger partial charge is 0.503 e. The van der Waals surface area contributed by atoms with Crippen molar-refractivity contribution in [2.75, 3.05) is 0 Å². The highest BCUT2D eigenvalue weighted by atomic mass is 19.1. The van der Waals surface area contributed by atoms with Gasteiger partial charge in [0.1, 0.15) is 23.1 Å². The molecule has 3 rings (SSSR count). The van der Waals surface area contributed by atoms with Crippen LogP contribution in [-0.2, 0) is 6.54 Å². The van der Waals surface area contributed by atoms with Crippen LogP contribution in [0.4, 0.5) is 13.2 Å². The second kappa shape index (κ2) is 5.15. The topological polar surface area (TPSA) is 70.9 Å². The molecule has 23 heavy (non-hydrogen) atoms. The molecule has 0 spiro atoms. The highest BCUT2D eigenvalue weighted by Crippen LogP contribution is 2.32. The van der Waals surface area contributed by atoms with Gasteiger partial charge in [-0.05, 0) is 13.8 Å². The van der Waals surface area contributed by atoms with Crippen LogP contribution in [0.3, 0.4) is 0 Å². The van der Waals surface area contributed by atoms with E-state index >= 15 is 0 Å². The van der Waals surface area contributed by atoms with Crippen LogP contribution in [0.5, 0.6) is 5.75 Å². The summed E-state index contributed by atoms with van der Waals surface area (Å²) in [6.45, 7) is 3.76. The number of H-pyrrole nitrogens is 1. The molecule has 0 aliphatic heterocycles. The number of rotatable bonds is 2. The maximum atomic E-state index is 14.0. The Kier molecular flexibility index (Phi) is 3.39. The highest BCUT2D eigenvalue weighted by Gasteiger charge is 2.23. The number of halogens is 3. The third-order valence-electron chi connectivity index (χ3n) is 3.61. The minimum absolute atomic E-state index is 0.135. The first-order valence-corrected chi connectivity index (χ1v) is 6.82. The SMILES string of the molecule is CCn1nc(C)c2c(=O)c(O)c(-c3c(F)cc(F)cc3F)[nH]c21. The first-order chi connectivity index (χ1) is 10.8. The molecule has 0 saturated carbocycles. The van der Waals surface area contributed by atoms with Crippen molar-refractivity contribution < 1.29 is 18.3 Å². The summed E-state index contributed by atoms with van der Waals surface area (Å²) in [6, 6.07) is 0.950. The minimum atomic E-state index is -1.23. The Bertz CT molecular complexity index is 969. The van der Waals surface area contributed by atoms with E-state index in [1.807, 2.05) is 0 Å². The van der Waals surface area contributed by atoms with Crippen LogP contribution in [0.25, 0.3) is 22.3 Å². The molecule has 2 aromatic heterocycles. The van der Waals surface area contributed by atoms with E-state index in [0.717, 1.165) is 0 Å². The van der Waals surface area contributed by atoms with Crippen molar-refractivity contribution in [3.63, 3.8) is 0 Å². The van der Waals surface area contributed by atoms with E-state index in [9.17, 15) is 23.1 Å². The fraction of sp³-hybridized carbons (Fsp3) is 0.200. The summed E-state index contributed by atoms with van der Waals surface area (Å²) in [5.74, 6) is -4.40. The van der Waals surface area contributed by atoms with Gasteiger partial charge in [0.05, 0.1) is 22.3 Å². The third kappa shape index (κ3) is 2.18. The van der Waals surface area contributed by atoms with Gasteiger partial charge in [-0.15, -0.1) is 0 Å². The van der Waals surface area contributed by atoms with Crippen molar-refractivity contribution in [3.05, 3.63) is 45.5 Å². The minimum Gasteiger partial charge on any atom is -0.503 e. The summed E-state index contributed by atoms with van der Waals surface area (Å²) in [5, 5.41) is 14.3.